The van der Waals surface area contributed by atoms with E-state index in [2.05, 4.69) is 36.3 Å². The maximum Gasteiger partial charge on any atom is 0.248 e. The SMILES string of the molecule is CCCNC(=O)[C@@H]1[C@@H]2CC(C)C3(S2)C(C(=O)Nc2ccc(N(CC)CC)cc2)N([C@@H](CO)C(C)C)C(=O)[C@H]13. The number of aliphatic hydroxyl groups is 1. The fraction of sp³-hybridized carbons (Fsp3) is 0.690. The number of fused-ring (bicyclic) bond motifs is 1. The van der Waals surface area contributed by atoms with Crippen molar-refractivity contribution in [2.75, 3.05) is 36.5 Å². The number of thioether (sulfide) groups is 1. The molecule has 0 saturated carbocycles. The highest BCUT2D eigenvalue weighted by Gasteiger charge is 2.76. The number of carbonyl (C=O) groups is 3. The summed E-state index contributed by atoms with van der Waals surface area (Å²) in [6, 6.07) is 6.52. The molecule has 4 rings (SSSR count). The number of likely N-dealkylation sites (tertiary alicyclic amines) is 1. The van der Waals surface area contributed by atoms with E-state index in [0.717, 1.165) is 31.6 Å². The fourth-order valence-electron chi connectivity index (χ4n) is 6.96. The second-order valence-electron chi connectivity index (χ2n) is 11.3. The van der Waals surface area contributed by atoms with Gasteiger partial charge in [-0.25, -0.2) is 0 Å². The zero-order valence-electron chi connectivity index (χ0n) is 23.6. The topological polar surface area (TPSA) is 102 Å². The highest BCUT2D eigenvalue weighted by atomic mass is 32.2. The summed E-state index contributed by atoms with van der Waals surface area (Å²) in [6.45, 7) is 14.4. The number of hydrogen-bond donors (Lipinski definition) is 3. The molecule has 3 unspecified atom stereocenters. The second-order valence-corrected chi connectivity index (χ2v) is 12.8. The van der Waals surface area contributed by atoms with Crippen LogP contribution in [0.15, 0.2) is 24.3 Å². The summed E-state index contributed by atoms with van der Waals surface area (Å²) >= 11 is 1.66. The third kappa shape index (κ3) is 4.59. The van der Waals surface area contributed by atoms with Crippen molar-refractivity contribution in [3.05, 3.63) is 24.3 Å². The lowest BCUT2D eigenvalue weighted by molar-refractivity contribution is -0.143. The summed E-state index contributed by atoms with van der Waals surface area (Å²) in [5.41, 5.74) is 1.76. The molecule has 3 aliphatic heterocycles. The Morgan fingerprint density at radius 1 is 1.16 bits per heavy atom. The van der Waals surface area contributed by atoms with Crippen LogP contribution in [0.2, 0.25) is 0 Å². The molecular formula is C29H44N4O4S. The van der Waals surface area contributed by atoms with Crippen LogP contribution in [-0.4, -0.2) is 76.0 Å². The molecule has 3 aliphatic rings. The number of rotatable bonds is 11. The number of aliphatic hydroxyl groups excluding tert-OH is 1. The zero-order valence-corrected chi connectivity index (χ0v) is 24.4. The van der Waals surface area contributed by atoms with E-state index in [4.69, 9.17) is 0 Å². The first-order valence-corrected chi connectivity index (χ1v) is 15.1. The van der Waals surface area contributed by atoms with Crippen LogP contribution in [0.4, 0.5) is 11.4 Å². The van der Waals surface area contributed by atoms with Crippen LogP contribution in [0.25, 0.3) is 0 Å². The number of benzene rings is 1. The molecule has 210 valence electrons. The van der Waals surface area contributed by atoms with Crippen LogP contribution >= 0.6 is 11.8 Å². The average Bonchev–Trinajstić information content (AvgIpc) is 3.48. The van der Waals surface area contributed by atoms with E-state index < -0.39 is 28.7 Å². The van der Waals surface area contributed by atoms with Crippen molar-refractivity contribution in [3.63, 3.8) is 0 Å². The van der Waals surface area contributed by atoms with Crippen LogP contribution in [0, 0.1) is 23.7 Å². The lowest BCUT2D eigenvalue weighted by Gasteiger charge is -2.40. The molecule has 1 spiro atoms. The minimum atomic E-state index is -0.768. The summed E-state index contributed by atoms with van der Waals surface area (Å²) in [7, 11) is 0. The minimum Gasteiger partial charge on any atom is -0.394 e. The van der Waals surface area contributed by atoms with Gasteiger partial charge in [-0.1, -0.05) is 27.7 Å². The number of amides is 3. The van der Waals surface area contributed by atoms with Crippen LogP contribution in [0.5, 0.6) is 0 Å². The smallest absolute Gasteiger partial charge is 0.248 e. The van der Waals surface area contributed by atoms with E-state index in [1.54, 1.807) is 16.7 Å². The van der Waals surface area contributed by atoms with E-state index in [9.17, 15) is 19.5 Å². The fourth-order valence-corrected chi connectivity index (χ4v) is 9.37. The van der Waals surface area contributed by atoms with Gasteiger partial charge in [0.15, 0.2) is 0 Å². The van der Waals surface area contributed by atoms with Crippen molar-refractivity contribution in [2.45, 2.75) is 76.5 Å². The minimum absolute atomic E-state index is 0.00763. The quantitative estimate of drug-likeness (QED) is 0.395. The molecule has 0 aromatic heterocycles. The molecule has 1 aromatic rings. The highest BCUT2D eigenvalue weighted by molar-refractivity contribution is 8.02. The van der Waals surface area contributed by atoms with Gasteiger partial charge in [-0.2, -0.15) is 0 Å². The zero-order chi connectivity index (χ0) is 27.8. The van der Waals surface area contributed by atoms with Crippen LogP contribution in [0.3, 0.4) is 0 Å². The first kappa shape index (κ1) is 28.7. The molecule has 0 aliphatic carbocycles. The predicted molar refractivity (Wildman–Crippen MR) is 153 cm³/mol. The largest absolute Gasteiger partial charge is 0.394 e. The Balaban J connectivity index is 1.71. The lowest BCUT2D eigenvalue weighted by atomic mass is 9.66. The highest BCUT2D eigenvalue weighted by Crippen LogP contribution is 2.68. The normalized spacial score (nSPS) is 30.5. The predicted octanol–water partition coefficient (Wildman–Crippen LogP) is 3.35. The van der Waals surface area contributed by atoms with Gasteiger partial charge in [0.2, 0.25) is 17.7 Å². The van der Waals surface area contributed by atoms with Crippen molar-refractivity contribution in [1.29, 1.82) is 0 Å². The van der Waals surface area contributed by atoms with Gasteiger partial charge in [0.05, 0.1) is 29.2 Å². The summed E-state index contributed by atoms with van der Waals surface area (Å²) in [5, 5.41) is 16.5. The van der Waals surface area contributed by atoms with Gasteiger partial charge in [-0.15, -0.1) is 11.8 Å². The monoisotopic (exact) mass is 544 g/mol. The number of nitrogens with one attached hydrogen (secondary N) is 2. The number of anilines is 2. The van der Waals surface area contributed by atoms with Crippen molar-refractivity contribution in [2.24, 2.45) is 23.7 Å². The van der Waals surface area contributed by atoms with E-state index in [0.29, 0.717) is 12.2 Å². The van der Waals surface area contributed by atoms with Crippen molar-refractivity contribution in [3.8, 4) is 0 Å². The van der Waals surface area contributed by atoms with Gasteiger partial charge < -0.3 is 25.5 Å². The molecule has 38 heavy (non-hydrogen) atoms. The molecular weight excluding hydrogens is 500 g/mol. The number of nitrogens with zero attached hydrogens (tertiary/aromatic N) is 2. The third-order valence-corrected chi connectivity index (χ3v) is 10.9. The molecule has 3 N–H and O–H groups in total. The molecule has 1 aromatic carbocycles. The van der Waals surface area contributed by atoms with Crippen molar-refractivity contribution < 1.29 is 19.5 Å². The van der Waals surface area contributed by atoms with Gasteiger partial charge >= 0.3 is 0 Å². The molecule has 3 saturated heterocycles. The Morgan fingerprint density at radius 3 is 2.37 bits per heavy atom. The number of carbonyl (C=O) groups excluding carboxylic acids is 3. The van der Waals surface area contributed by atoms with E-state index in [1.807, 2.05) is 45.0 Å². The van der Waals surface area contributed by atoms with Crippen molar-refractivity contribution >= 4 is 40.9 Å². The van der Waals surface area contributed by atoms with Crippen molar-refractivity contribution in [1.82, 2.24) is 10.2 Å². The molecule has 8 nitrogen and oxygen atoms in total. The molecule has 7 atom stereocenters. The summed E-state index contributed by atoms with van der Waals surface area (Å²) in [6.07, 6.45) is 1.61. The molecule has 0 radical (unpaired) electrons. The van der Waals surface area contributed by atoms with E-state index >= 15 is 0 Å². The number of hydrogen-bond acceptors (Lipinski definition) is 6. The standard InChI is InChI=1S/C29H44N4O4S/c1-7-14-30-26(35)23-22-15-18(6)29(38-22)24(23)28(37)33(21(16-34)17(4)5)25(29)27(36)31-19-10-12-20(13-11-19)32(8-2)9-3/h10-13,17-18,21-25,34H,7-9,14-16H2,1-6H3,(H,30,35)(H,31,36)/t18?,21-,22-,23+,24-,25?,29?/m0/s1. The summed E-state index contributed by atoms with van der Waals surface area (Å²) in [5.74, 6) is -1.51. The first-order valence-electron chi connectivity index (χ1n) is 14.2. The molecule has 3 fully saturated rings. The van der Waals surface area contributed by atoms with E-state index in [1.165, 1.54) is 0 Å². The molecule has 2 bridgehead atoms. The Hall–Kier alpha value is -2.26. The van der Waals surface area contributed by atoms with Gasteiger partial charge in [0.25, 0.3) is 0 Å². The Bertz CT molecular complexity index is 1030. The second kappa shape index (κ2) is 11.5. The molecule has 3 heterocycles. The maximum atomic E-state index is 14.2. The Kier molecular flexibility index (Phi) is 8.67. The summed E-state index contributed by atoms with van der Waals surface area (Å²) in [4.78, 5) is 45.5. The maximum absolute atomic E-state index is 14.2. The van der Waals surface area contributed by atoms with Crippen LogP contribution in [-0.2, 0) is 14.4 Å². The van der Waals surface area contributed by atoms with Gasteiger partial charge in [0.1, 0.15) is 6.04 Å². The van der Waals surface area contributed by atoms with Gasteiger partial charge in [-0.05, 0) is 62.8 Å². The Morgan fingerprint density at radius 2 is 1.82 bits per heavy atom. The van der Waals surface area contributed by atoms with E-state index in [-0.39, 0.29) is 41.4 Å². The van der Waals surface area contributed by atoms with Gasteiger partial charge in [-0.3, -0.25) is 14.4 Å². The van der Waals surface area contributed by atoms with Crippen LogP contribution < -0.4 is 15.5 Å². The Labute approximate surface area is 231 Å². The lowest BCUT2D eigenvalue weighted by Crippen LogP contribution is -2.58. The third-order valence-electron chi connectivity index (χ3n) is 8.86. The average molecular weight is 545 g/mol. The molecule has 9 heteroatoms. The van der Waals surface area contributed by atoms with Gasteiger partial charge in [0, 0.05) is 36.3 Å². The summed E-state index contributed by atoms with van der Waals surface area (Å²) < 4.78 is -0.705. The first-order chi connectivity index (χ1) is 18.2. The molecule has 3 amide bonds. The van der Waals surface area contributed by atoms with Crippen LogP contribution in [0.1, 0.15) is 54.4 Å².